The predicted molar refractivity (Wildman–Crippen MR) is 163 cm³/mol. The topological polar surface area (TPSA) is 121 Å². The van der Waals surface area contributed by atoms with Crippen molar-refractivity contribution >= 4 is 11.9 Å². The van der Waals surface area contributed by atoms with Gasteiger partial charge in [-0.15, -0.1) is 0 Å². The van der Waals surface area contributed by atoms with Crippen molar-refractivity contribution < 1.29 is 43.5 Å². The van der Waals surface area contributed by atoms with Crippen LogP contribution in [-0.2, 0) is 33.3 Å². The van der Waals surface area contributed by atoms with Crippen molar-refractivity contribution in [1.82, 2.24) is 0 Å². The second kappa shape index (κ2) is 13.5. The Morgan fingerprint density at radius 1 is 0.907 bits per heavy atom. The first-order chi connectivity index (χ1) is 19.7. The van der Waals surface area contributed by atoms with E-state index in [2.05, 4.69) is 13.8 Å². The summed E-state index contributed by atoms with van der Waals surface area (Å²) in [5.41, 5.74) is -3.83. The SMILES string of the molecule is CC(=O)OC(C)C(C)CCC(C)(OC(C)=O)[C@H]1CC[C@]2(C)O[C@@H](C3(C)CCC(C(C)(O)C/C=C/C(C)(C)O)O3)CC[C@H]2O1. The lowest BCUT2D eigenvalue weighted by atomic mass is 9.76. The van der Waals surface area contributed by atoms with E-state index in [1.165, 1.54) is 13.8 Å². The van der Waals surface area contributed by atoms with Crippen LogP contribution in [0.5, 0.6) is 0 Å². The molecule has 0 bridgehead atoms. The zero-order chi connectivity index (χ0) is 32.4. The largest absolute Gasteiger partial charge is 0.463 e. The van der Waals surface area contributed by atoms with Gasteiger partial charge in [-0.3, -0.25) is 9.59 Å². The number of fused-ring (bicyclic) bond motifs is 1. The summed E-state index contributed by atoms with van der Waals surface area (Å²) in [6.45, 7) is 18.1. The lowest BCUT2D eigenvalue weighted by Crippen LogP contribution is -2.62. The highest BCUT2D eigenvalue weighted by Crippen LogP contribution is 2.49. The molecule has 0 aromatic rings. The van der Waals surface area contributed by atoms with Gasteiger partial charge in [0.05, 0.1) is 46.8 Å². The van der Waals surface area contributed by atoms with Crippen LogP contribution in [0.1, 0.15) is 127 Å². The standard InChI is InChI=1S/C34H58O9/c1-22(23(2)39-24(3)35)14-19-32(8,41-25(4)36)28-16-21-33(9)27(40-28)12-13-29(43-33)34(10)20-15-26(42-34)31(7,38)18-11-17-30(5,6)37/h11,17,22-23,26-29,37-38H,12-16,18-21H2,1-10H3/b17-11+/t22?,23?,26?,27-,28-,29-,31?,32?,33+,34?/m1/s1. The highest BCUT2D eigenvalue weighted by atomic mass is 16.6. The number of carbonyl (C=O) groups excluding carboxylic acids is 2. The highest BCUT2D eigenvalue weighted by molar-refractivity contribution is 5.66. The summed E-state index contributed by atoms with van der Waals surface area (Å²) >= 11 is 0. The van der Waals surface area contributed by atoms with Gasteiger partial charge in [0, 0.05) is 13.8 Å². The van der Waals surface area contributed by atoms with Crippen LogP contribution in [0.3, 0.4) is 0 Å². The molecule has 3 aliphatic heterocycles. The molecule has 43 heavy (non-hydrogen) atoms. The smallest absolute Gasteiger partial charge is 0.303 e. The molecule has 0 aromatic heterocycles. The molecule has 248 valence electrons. The second-order valence-corrected chi connectivity index (χ2v) is 15.0. The minimum Gasteiger partial charge on any atom is -0.463 e. The van der Waals surface area contributed by atoms with E-state index in [1.807, 2.05) is 26.8 Å². The van der Waals surface area contributed by atoms with Crippen molar-refractivity contribution in [2.45, 2.75) is 186 Å². The Morgan fingerprint density at radius 3 is 2.07 bits per heavy atom. The first kappa shape index (κ1) is 36.0. The summed E-state index contributed by atoms with van der Waals surface area (Å²) in [5.74, 6) is -0.544. The number of esters is 2. The highest BCUT2D eigenvalue weighted by Gasteiger charge is 2.56. The predicted octanol–water partition coefficient (Wildman–Crippen LogP) is 5.57. The van der Waals surface area contributed by atoms with Gasteiger partial charge in [0.25, 0.3) is 0 Å². The van der Waals surface area contributed by atoms with E-state index in [0.717, 1.165) is 32.1 Å². The van der Waals surface area contributed by atoms with E-state index < -0.39 is 28.0 Å². The van der Waals surface area contributed by atoms with Crippen molar-refractivity contribution in [3.05, 3.63) is 12.2 Å². The van der Waals surface area contributed by atoms with Gasteiger partial charge in [-0.25, -0.2) is 0 Å². The second-order valence-electron chi connectivity index (χ2n) is 15.0. The quantitative estimate of drug-likeness (QED) is 0.216. The molecule has 10 atom stereocenters. The number of rotatable bonds is 12. The normalized spacial score (nSPS) is 35.8. The fraction of sp³-hybridized carbons (Fsp3) is 0.882. The van der Waals surface area contributed by atoms with E-state index in [0.29, 0.717) is 25.7 Å². The maximum Gasteiger partial charge on any atom is 0.303 e. The summed E-state index contributed by atoms with van der Waals surface area (Å²) in [6.07, 6.45) is 8.61. The molecule has 6 unspecified atom stereocenters. The molecule has 2 N–H and O–H groups in total. The van der Waals surface area contributed by atoms with Gasteiger partial charge in [0.15, 0.2) is 0 Å². The molecule has 3 aliphatic rings. The average molecular weight is 611 g/mol. The molecule has 0 spiro atoms. The fourth-order valence-corrected chi connectivity index (χ4v) is 7.05. The van der Waals surface area contributed by atoms with Gasteiger partial charge >= 0.3 is 11.9 Å². The molecule has 3 heterocycles. The Morgan fingerprint density at radius 2 is 1.49 bits per heavy atom. The third kappa shape index (κ3) is 9.25. The Bertz CT molecular complexity index is 1000. The van der Waals surface area contributed by atoms with E-state index in [-0.39, 0.29) is 48.4 Å². The van der Waals surface area contributed by atoms with Gasteiger partial charge < -0.3 is 33.9 Å². The van der Waals surface area contributed by atoms with Crippen LogP contribution in [0, 0.1) is 5.92 Å². The maximum absolute atomic E-state index is 12.2. The Kier molecular flexibility index (Phi) is 11.2. The van der Waals surface area contributed by atoms with Crippen molar-refractivity contribution in [3.63, 3.8) is 0 Å². The molecular weight excluding hydrogens is 552 g/mol. The molecule has 0 saturated carbocycles. The molecule has 3 rings (SSSR count). The van der Waals surface area contributed by atoms with E-state index in [9.17, 15) is 19.8 Å². The van der Waals surface area contributed by atoms with Gasteiger partial charge in [-0.05, 0) is 112 Å². The summed E-state index contributed by atoms with van der Waals surface area (Å²) < 4.78 is 31.4. The van der Waals surface area contributed by atoms with Crippen LogP contribution in [0.15, 0.2) is 12.2 Å². The van der Waals surface area contributed by atoms with Gasteiger partial charge in [-0.2, -0.15) is 0 Å². The Hall–Kier alpha value is -1.52. The number of hydrogen-bond donors (Lipinski definition) is 2. The van der Waals surface area contributed by atoms with Crippen LogP contribution in [0.4, 0.5) is 0 Å². The molecule has 3 saturated heterocycles. The van der Waals surface area contributed by atoms with E-state index >= 15 is 0 Å². The zero-order valence-corrected chi connectivity index (χ0v) is 28.2. The van der Waals surface area contributed by atoms with Crippen LogP contribution >= 0.6 is 0 Å². The van der Waals surface area contributed by atoms with Crippen LogP contribution in [-0.4, -0.2) is 80.7 Å². The van der Waals surface area contributed by atoms with Crippen LogP contribution in [0.25, 0.3) is 0 Å². The van der Waals surface area contributed by atoms with Gasteiger partial charge in [-0.1, -0.05) is 19.1 Å². The first-order valence-corrected chi connectivity index (χ1v) is 16.2. The molecule has 0 amide bonds. The van der Waals surface area contributed by atoms with E-state index in [4.69, 9.17) is 23.7 Å². The van der Waals surface area contributed by atoms with Gasteiger partial charge in [0.2, 0.25) is 0 Å². The number of hydrogen-bond acceptors (Lipinski definition) is 9. The Labute approximate surface area is 259 Å². The third-order valence-electron chi connectivity index (χ3n) is 10.1. The molecule has 0 aromatic carbocycles. The van der Waals surface area contributed by atoms with Gasteiger partial charge in [0.1, 0.15) is 11.7 Å². The lowest BCUT2D eigenvalue weighted by molar-refractivity contribution is -0.291. The van der Waals surface area contributed by atoms with Crippen molar-refractivity contribution in [1.29, 1.82) is 0 Å². The molecule has 9 nitrogen and oxygen atoms in total. The van der Waals surface area contributed by atoms with Crippen molar-refractivity contribution in [2.24, 2.45) is 5.92 Å². The van der Waals surface area contributed by atoms with Crippen molar-refractivity contribution in [3.8, 4) is 0 Å². The summed E-state index contributed by atoms with van der Waals surface area (Å²) in [4.78, 5) is 23.6. The maximum atomic E-state index is 12.2. The zero-order valence-electron chi connectivity index (χ0n) is 28.2. The van der Waals surface area contributed by atoms with Crippen LogP contribution < -0.4 is 0 Å². The number of carbonyl (C=O) groups is 2. The molecule has 9 heteroatoms. The summed E-state index contributed by atoms with van der Waals surface area (Å²) in [7, 11) is 0. The third-order valence-corrected chi connectivity index (χ3v) is 10.1. The first-order valence-electron chi connectivity index (χ1n) is 16.2. The minimum atomic E-state index is -1.06. The van der Waals surface area contributed by atoms with Crippen LogP contribution in [0.2, 0.25) is 0 Å². The molecule has 0 aliphatic carbocycles. The lowest BCUT2D eigenvalue weighted by Gasteiger charge is -2.54. The average Bonchev–Trinajstić information content (AvgIpc) is 3.29. The van der Waals surface area contributed by atoms with Crippen molar-refractivity contribution in [2.75, 3.05) is 0 Å². The monoisotopic (exact) mass is 610 g/mol. The summed E-state index contributed by atoms with van der Waals surface area (Å²) in [5, 5.41) is 21.2. The summed E-state index contributed by atoms with van der Waals surface area (Å²) in [6, 6.07) is 0. The fourth-order valence-electron chi connectivity index (χ4n) is 7.05. The molecular formula is C34H58O9. The van der Waals surface area contributed by atoms with E-state index in [1.54, 1.807) is 26.8 Å². The Balaban J connectivity index is 1.64. The minimum absolute atomic E-state index is 0.0979. The number of ether oxygens (including phenoxy) is 5. The number of aliphatic hydroxyl groups is 2. The molecule has 0 radical (unpaired) electrons. The molecule has 3 fully saturated rings.